The lowest BCUT2D eigenvalue weighted by atomic mass is 9.94. The number of furan rings is 1. The molecule has 3 aromatic rings. The molecular weight excluding hydrogens is 246 g/mol. The third kappa shape index (κ3) is 1.92. The van der Waals surface area contributed by atoms with Crippen molar-refractivity contribution in [3.05, 3.63) is 48.2 Å². The van der Waals surface area contributed by atoms with Crippen molar-refractivity contribution in [3.63, 3.8) is 0 Å². The molecule has 0 unspecified atom stereocenters. The molecule has 0 N–H and O–H groups in total. The molecule has 1 aliphatic heterocycles. The maximum Gasteiger partial charge on any atom is 0.134 e. The van der Waals surface area contributed by atoms with Crippen molar-refractivity contribution >= 4 is 21.7 Å². The largest absolute Gasteiger partial charge is 0.461 e. The Hall–Kier alpha value is -1.80. The van der Waals surface area contributed by atoms with Gasteiger partial charge in [0.15, 0.2) is 0 Å². The van der Waals surface area contributed by atoms with E-state index in [-0.39, 0.29) is 0 Å². The molecule has 2 nitrogen and oxygen atoms in total. The van der Waals surface area contributed by atoms with Crippen LogP contribution in [-0.4, -0.2) is 25.0 Å². The van der Waals surface area contributed by atoms with E-state index in [9.17, 15) is 0 Å². The van der Waals surface area contributed by atoms with Gasteiger partial charge in [-0.2, -0.15) is 0 Å². The summed E-state index contributed by atoms with van der Waals surface area (Å²) in [6, 6.07) is 15.1. The minimum absolute atomic E-state index is 0.581. The maximum atomic E-state index is 6.13. The zero-order chi connectivity index (χ0) is 13.5. The van der Waals surface area contributed by atoms with E-state index in [4.69, 9.17) is 4.42 Å². The first-order valence-corrected chi connectivity index (χ1v) is 7.41. The summed E-state index contributed by atoms with van der Waals surface area (Å²) in [5, 5.41) is 3.85. The van der Waals surface area contributed by atoms with Crippen LogP contribution < -0.4 is 0 Å². The third-order valence-electron chi connectivity index (χ3n) is 4.57. The summed E-state index contributed by atoms with van der Waals surface area (Å²) < 4.78 is 6.13. The molecule has 0 bridgehead atoms. The van der Waals surface area contributed by atoms with E-state index in [1.54, 1.807) is 0 Å². The van der Waals surface area contributed by atoms with Gasteiger partial charge in [0, 0.05) is 11.3 Å². The zero-order valence-electron chi connectivity index (χ0n) is 11.8. The predicted molar refractivity (Wildman–Crippen MR) is 83.2 cm³/mol. The second-order valence-corrected chi connectivity index (χ2v) is 5.92. The molecule has 2 heterocycles. The molecule has 1 fully saturated rings. The Kier molecular flexibility index (Phi) is 2.78. The minimum Gasteiger partial charge on any atom is -0.461 e. The SMILES string of the molecule is CN1CCC(c2cc3c(ccc4ccccc43)o2)CC1. The Labute approximate surface area is 119 Å². The summed E-state index contributed by atoms with van der Waals surface area (Å²) in [5.41, 5.74) is 1.03. The topological polar surface area (TPSA) is 16.4 Å². The molecule has 0 saturated carbocycles. The van der Waals surface area contributed by atoms with Crippen LogP contribution in [0.5, 0.6) is 0 Å². The van der Waals surface area contributed by atoms with Crippen LogP contribution in [0.3, 0.4) is 0 Å². The fourth-order valence-corrected chi connectivity index (χ4v) is 3.31. The lowest BCUT2D eigenvalue weighted by molar-refractivity contribution is 0.242. The number of benzene rings is 2. The highest BCUT2D eigenvalue weighted by Gasteiger charge is 2.21. The molecule has 4 rings (SSSR count). The van der Waals surface area contributed by atoms with Gasteiger partial charge in [-0.1, -0.05) is 30.3 Å². The van der Waals surface area contributed by atoms with Gasteiger partial charge in [-0.15, -0.1) is 0 Å². The van der Waals surface area contributed by atoms with Gasteiger partial charge < -0.3 is 9.32 Å². The first-order valence-electron chi connectivity index (χ1n) is 7.41. The minimum atomic E-state index is 0.581. The van der Waals surface area contributed by atoms with Crippen LogP contribution in [0.2, 0.25) is 0 Å². The number of likely N-dealkylation sites (tertiary alicyclic amines) is 1. The standard InChI is InChI=1S/C18H19NO/c1-19-10-8-14(9-11-19)18-12-16-15-5-3-2-4-13(15)6-7-17(16)20-18/h2-7,12,14H,8-11H2,1H3. The average molecular weight is 265 g/mol. The van der Waals surface area contributed by atoms with Crippen LogP contribution in [-0.2, 0) is 0 Å². The Bertz CT molecular complexity index is 750. The number of hydrogen-bond donors (Lipinski definition) is 0. The second kappa shape index (κ2) is 4.64. The van der Waals surface area contributed by atoms with Gasteiger partial charge in [0.05, 0.1) is 0 Å². The highest BCUT2D eigenvalue weighted by Crippen LogP contribution is 2.34. The van der Waals surface area contributed by atoms with E-state index in [0.29, 0.717) is 5.92 Å². The lowest BCUT2D eigenvalue weighted by Gasteiger charge is -2.27. The smallest absolute Gasteiger partial charge is 0.134 e. The fourth-order valence-electron chi connectivity index (χ4n) is 3.31. The molecule has 102 valence electrons. The van der Waals surface area contributed by atoms with Crippen molar-refractivity contribution in [2.75, 3.05) is 20.1 Å². The molecule has 1 aliphatic rings. The number of rotatable bonds is 1. The van der Waals surface area contributed by atoms with Gasteiger partial charge in [-0.05, 0) is 55.9 Å². The quantitative estimate of drug-likeness (QED) is 0.648. The summed E-state index contributed by atoms with van der Waals surface area (Å²) in [6.07, 6.45) is 2.41. The van der Waals surface area contributed by atoms with Gasteiger partial charge in [0.25, 0.3) is 0 Å². The highest BCUT2D eigenvalue weighted by molar-refractivity contribution is 6.05. The molecule has 0 amide bonds. The van der Waals surface area contributed by atoms with Crippen LogP contribution >= 0.6 is 0 Å². The van der Waals surface area contributed by atoms with E-state index in [2.05, 4.69) is 54.4 Å². The molecule has 1 aromatic heterocycles. The van der Waals surface area contributed by atoms with Gasteiger partial charge in [-0.25, -0.2) is 0 Å². The van der Waals surface area contributed by atoms with Crippen molar-refractivity contribution in [2.45, 2.75) is 18.8 Å². The summed E-state index contributed by atoms with van der Waals surface area (Å²) in [7, 11) is 2.20. The Morgan fingerprint density at radius 1 is 1.00 bits per heavy atom. The molecule has 0 atom stereocenters. The van der Waals surface area contributed by atoms with Gasteiger partial charge in [0.1, 0.15) is 11.3 Å². The number of nitrogens with zero attached hydrogens (tertiary/aromatic N) is 1. The van der Waals surface area contributed by atoms with Crippen LogP contribution in [0.15, 0.2) is 46.9 Å². The van der Waals surface area contributed by atoms with Crippen molar-refractivity contribution in [1.82, 2.24) is 4.90 Å². The first-order chi connectivity index (χ1) is 9.81. The van der Waals surface area contributed by atoms with Gasteiger partial charge >= 0.3 is 0 Å². The van der Waals surface area contributed by atoms with E-state index in [0.717, 1.165) is 5.58 Å². The van der Waals surface area contributed by atoms with Crippen LogP contribution in [0.25, 0.3) is 21.7 Å². The molecule has 2 heteroatoms. The second-order valence-electron chi connectivity index (χ2n) is 5.92. The van der Waals surface area contributed by atoms with Crippen molar-refractivity contribution < 1.29 is 4.42 Å². The molecule has 0 aliphatic carbocycles. The Balaban J connectivity index is 1.80. The summed E-state index contributed by atoms with van der Waals surface area (Å²) >= 11 is 0. The molecular formula is C18H19NO. The Morgan fingerprint density at radius 3 is 2.65 bits per heavy atom. The molecule has 0 radical (unpaired) electrons. The van der Waals surface area contributed by atoms with Crippen molar-refractivity contribution in [1.29, 1.82) is 0 Å². The monoisotopic (exact) mass is 265 g/mol. The van der Waals surface area contributed by atoms with Gasteiger partial charge in [-0.3, -0.25) is 0 Å². The summed E-state index contributed by atoms with van der Waals surface area (Å²) in [5.74, 6) is 1.75. The Morgan fingerprint density at radius 2 is 1.80 bits per heavy atom. The van der Waals surface area contributed by atoms with E-state index < -0.39 is 0 Å². The summed E-state index contributed by atoms with van der Waals surface area (Å²) in [6.45, 7) is 2.34. The molecule has 0 spiro atoms. The highest BCUT2D eigenvalue weighted by atomic mass is 16.3. The van der Waals surface area contributed by atoms with Crippen LogP contribution in [0, 0.1) is 0 Å². The van der Waals surface area contributed by atoms with Gasteiger partial charge in [0.2, 0.25) is 0 Å². The normalized spacial score (nSPS) is 18.1. The molecule has 20 heavy (non-hydrogen) atoms. The number of hydrogen-bond acceptors (Lipinski definition) is 2. The maximum absolute atomic E-state index is 6.13. The number of fused-ring (bicyclic) bond motifs is 3. The van der Waals surface area contributed by atoms with Crippen LogP contribution in [0.4, 0.5) is 0 Å². The average Bonchev–Trinajstić information content (AvgIpc) is 2.92. The fraction of sp³-hybridized carbons (Fsp3) is 0.333. The zero-order valence-corrected chi connectivity index (χ0v) is 11.8. The van der Waals surface area contributed by atoms with Crippen LogP contribution in [0.1, 0.15) is 24.5 Å². The number of piperidine rings is 1. The summed E-state index contributed by atoms with van der Waals surface area (Å²) in [4.78, 5) is 2.40. The van der Waals surface area contributed by atoms with Crippen molar-refractivity contribution in [2.24, 2.45) is 0 Å². The third-order valence-corrected chi connectivity index (χ3v) is 4.57. The van der Waals surface area contributed by atoms with E-state index >= 15 is 0 Å². The van der Waals surface area contributed by atoms with Crippen molar-refractivity contribution in [3.8, 4) is 0 Å². The molecule has 2 aromatic carbocycles. The first kappa shape index (κ1) is 12.0. The predicted octanol–water partition coefficient (Wildman–Crippen LogP) is 4.40. The lowest BCUT2D eigenvalue weighted by Crippen LogP contribution is -2.29. The molecule has 1 saturated heterocycles. The van der Waals surface area contributed by atoms with E-state index in [1.165, 1.54) is 47.9 Å². The van der Waals surface area contributed by atoms with E-state index in [1.807, 2.05) is 0 Å².